The van der Waals surface area contributed by atoms with Crippen LogP contribution in [0.5, 0.6) is 11.5 Å². The third-order valence-electron chi connectivity index (χ3n) is 5.55. The quantitative estimate of drug-likeness (QED) is 0.206. The van der Waals surface area contributed by atoms with E-state index in [1.54, 1.807) is 18.9 Å². The topological polar surface area (TPSA) is 49.2 Å². The van der Waals surface area contributed by atoms with Crippen LogP contribution in [0.3, 0.4) is 0 Å². The van der Waals surface area contributed by atoms with Crippen molar-refractivity contribution < 1.29 is 9.47 Å². The Balaban J connectivity index is 1.50. The highest BCUT2D eigenvalue weighted by molar-refractivity contribution is 7.99. The fraction of sp³-hybridized carbons (Fsp3) is 0.286. The summed E-state index contributed by atoms with van der Waals surface area (Å²) in [4.78, 5) is 0. The van der Waals surface area contributed by atoms with E-state index < -0.39 is 0 Å². The number of rotatable bonds is 9. The van der Waals surface area contributed by atoms with Crippen molar-refractivity contribution in [3.05, 3.63) is 90.0 Å². The van der Waals surface area contributed by atoms with Crippen molar-refractivity contribution in [1.82, 2.24) is 14.8 Å². The molecule has 0 fully saturated rings. The summed E-state index contributed by atoms with van der Waals surface area (Å²) in [5.74, 6) is 3.29. The van der Waals surface area contributed by atoms with E-state index in [1.165, 1.54) is 11.1 Å². The van der Waals surface area contributed by atoms with Crippen molar-refractivity contribution in [2.24, 2.45) is 0 Å². The Morgan fingerprint density at radius 2 is 1.50 bits per heavy atom. The van der Waals surface area contributed by atoms with Gasteiger partial charge in [-0.1, -0.05) is 87.1 Å². The smallest absolute Gasteiger partial charge is 0.191 e. The highest BCUT2D eigenvalue weighted by Gasteiger charge is 2.17. The van der Waals surface area contributed by atoms with Crippen molar-refractivity contribution in [2.75, 3.05) is 19.5 Å². The lowest BCUT2D eigenvalue weighted by Crippen LogP contribution is -2.10. The Hall–Kier alpha value is -3.25. The minimum absolute atomic E-state index is 0.112. The van der Waals surface area contributed by atoms with E-state index in [2.05, 4.69) is 84.1 Å². The molecule has 1 heterocycles. The molecule has 0 saturated heterocycles. The summed E-state index contributed by atoms with van der Waals surface area (Å²) in [5.41, 5.74) is 3.70. The van der Waals surface area contributed by atoms with Crippen LogP contribution in [-0.4, -0.2) is 34.2 Å². The third-order valence-corrected chi connectivity index (χ3v) is 6.48. The van der Waals surface area contributed by atoms with Gasteiger partial charge in [0.25, 0.3) is 0 Å². The Bertz CT molecular complexity index is 1180. The van der Waals surface area contributed by atoms with Gasteiger partial charge >= 0.3 is 0 Å². The van der Waals surface area contributed by atoms with Crippen LogP contribution in [-0.2, 0) is 12.0 Å². The molecule has 176 valence electrons. The lowest BCUT2D eigenvalue weighted by atomic mass is 9.87. The molecule has 6 heteroatoms. The van der Waals surface area contributed by atoms with Gasteiger partial charge in [0.15, 0.2) is 11.0 Å². The summed E-state index contributed by atoms with van der Waals surface area (Å²) in [6, 6.07) is 26.7. The predicted molar refractivity (Wildman–Crippen MR) is 139 cm³/mol. The van der Waals surface area contributed by atoms with Crippen molar-refractivity contribution in [2.45, 2.75) is 37.9 Å². The van der Waals surface area contributed by atoms with Crippen LogP contribution in [0.1, 0.15) is 31.9 Å². The Kier molecular flexibility index (Phi) is 7.58. The third kappa shape index (κ3) is 6.00. The first-order chi connectivity index (χ1) is 16.4. The first kappa shape index (κ1) is 23.9. The molecule has 3 aromatic carbocycles. The van der Waals surface area contributed by atoms with Crippen molar-refractivity contribution in [3.63, 3.8) is 0 Å². The highest BCUT2D eigenvalue weighted by Crippen LogP contribution is 2.28. The molecule has 0 unspecified atom stereocenters. The lowest BCUT2D eigenvalue weighted by molar-refractivity contribution is 0.342. The highest BCUT2D eigenvalue weighted by atomic mass is 32.2. The zero-order valence-electron chi connectivity index (χ0n) is 20.2. The summed E-state index contributed by atoms with van der Waals surface area (Å²) < 4.78 is 13.3. The number of ether oxygens (including phenoxy) is 2. The summed E-state index contributed by atoms with van der Waals surface area (Å²) >= 11 is 1.66. The van der Waals surface area contributed by atoms with Crippen LogP contribution in [0.2, 0.25) is 0 Å². The van der Waals surface area contributed by atoms with Gasteiger partial charge in [0, 0.05) is 11.3 Å². The van der Waals surface area contributed by atoms with E-state index in [0.29, 0.717) is 13.2 Å². The fourth-order valence-corrected chi connectivity index (χ4v) is 4.36. The number of thioether (sulfide) groups is 1. The second-order valence-electron chi connectivity index (χ2n) is 9.08. The molecule has 4 rings (SSSR count). The number of hydrogen-bond acceptors (Lipinski definition) is 5. The normalized spacial score (nSPS) is 11.4. The van der Waals surface area contributed by atoms with Gasteiger partial charge in [0.2, 0.25) is 0 Å². The number of methoxy groups -OCH3 is 1. The van der Waals surface area contributed by atoms with Crippen LogP contribution in [0.25, 0.3) is 11.4 Å². The number of aromatic nitrogens is 3. The van der Waals surface area contributed by atoms with E-state index in [0.717, 1.165) is 33.8 Å². The van der Waals surface area contributed by atoms with E-state index >= 15 is 0 Å². The zero-order chi connectivity index (χ0) is 24.0. The monoisotopic (exact) mass is 473 g/mol. The van der Waals surface area contributed by atoms with Crippen LogP contribution < -0.4 is 9.47 Å². The standard InChI is InChI=1S/C28H31N3O2S/c1-28(2,3)23-12-10-22(11-13-23)26-29-30-27(31(26)20-21-8-6-5-7-9-21)34-19-18-33-25-16-14-24(32-4)15-17-25/h5-17H,18-20H2,1-4H3. The molecule has 4 aromatic rings. The first-order valence-electron chi connectivity index (χ1n) is 11.4. The molecule has 0 saturated carbocycles. The molecule has 0 radical (unpaired) electrons. The van der Waals surface area contributed by atoms with Gasteiger partial charge < -0.3 is 9.47 Å². The summed E-state index contributed by atoms with van der Waals surface area (Å²) in [7, 11) is 1.66. The molecule has 5 nitrogen and oxygen atoms in total. The molecule has 0 aliphatic carbocycles. The molecule has 0 N–H and O–H groups in total. The van der Waals surface area contributed by atoms with Gasteiger partial charge in [-0.15, -0.1) is 10.2 Å². The maximum Gasteiger partial charge on any atom is 0.191 e. The van der Waals surface area contributed by atoms with E-state index in [-0.39, 0.29) is 5.41 Å². The van der Waals surface area contributed by atoms with Crippen LogP contribution in [0, 0.1) is 0 Å². The van der Waals surface area contributed by atoms with Gasteiger partial charge in [-0.2, -0.15) is 0 Å². The lowest BCUT2D eigenvalue weighted by Gasteiger charge is -2.19. The zero-order valence-corrected chi connectivity index (χ0v) is 21.0. The maximum absolute atomic E-state index is 5.89. The average Bonchev–Trinajstić information content (AvgIpc) is 3.24. The van der Waals surface area contributed by atoms with Crippen molar-refractivity contribution in [1.29, 1.82) is 0 Å². The Morgan fingerprint density at radius 1 is 0.824 bits per heavy atom. The molecular weight excluding hydrogens is 442 g/mol. The van der Waals surface area contributed by atoms with E-state index in [1.807, 2.05) is 30.3 Å². The minimum atomic E-state index is 0.112. The molecule has 0 spiro atoms. The second-order valence-corrected chi connectivity index (χ2v) is 10.1. The van der Waals surface area contributed by atoms with Gasteiger partial charge in [-0.25, -0.2) is 0 Å². The number of benzene rings is 3. The minimum Gasteiger partial charge on any atom is -0.497 e. The van der Waals surface area contributed by atoms with E-state index in [4.69, 9.17) is 9.47 Å². The second kappa shape index (κ2) is 10.8. The molecule has 0 atom stereocenters. The summed E-state index contributed by atoms with van der Waals surface area (Å²) in [6.45, 7) is 7.96. The fourth-order valence-electron chi connectivity index (χ4n) is 3.60. The molecular formula is C28H31N3O2S. The number of hydrogen-bond donors (Lipinski definition) is 0. The van der Waals surface area contributed by atoms with Crippen LogP contribution in [0.4, 0.5) is 0 Å². The largest absolute Gasteiger partial charge is 0.497 e. The van der Waals surface area contributed by atoms with Gasteiger partial charge in [-0.3, -0.25) is 4.57 Å². The molecule has 0 aliphatic rings. The molecule has 0 amide bonds. The molecule has 0 bridgehead atoms. The average molecular weight is 474 g/mol. The molecule has 34 heavy (non-hydrogen) atoms. The first-order valence-corrected chi connectivity index (χ1v) is 12.4. The maximum atomic E-state index is 5.89. The Morgan fingerprint density at radius 3 is 2.15 bits per heavy atom. The molecule has 1 aromatic heterocycles. The summed E-state index contributed by atoms with van der Waals surface area (Å²) in [5, 5.41) is 9.98. The number of nitrogens with zero attached hydrogens (tertiary/aromatic N) is 3. The SMILES string of the molecule is COc1ccc(OCCSc2nnc(-c3ccc(C(C)(C)C)cc3)n2Cc2ccccc2)cc1. The van der Waals surface area contributed by atoms with Gasteiger partial charge in [-0.05, 0) is 40.8 Å². The van der Waals surface area contributed by atoms with Gasteiger partial charge in [0.1, 0.15) is 11.5 Å². The summed E-state index contributed by atoms with van der Waals surface area (Å²) in [6.07, 6.45) is 0. The predicted octanol–water partition coefficient (Wildman–Crippen LogP) is 6.47. The van der Waals surface area contributed by atoms with Gasteiger partial charge in [0.05, 0.1) is 20.3 Å². The van der Waals surface area contributed by atoms with Crippen molar-refractivity contribution >= 4 is 11.8 Å². The molecule has 0 aliphatic heterocycles. The van der Waals surface area contributed by atoms with E-state index in [9.17, 15) is 0 Å². The Labute approximate surface area is 206 Å². The van der Waals surface area contributed by atoms with Crippen LogP contribution in [0.15, 0.2) is 84.0 Å². The van der Waals surface area contributed by atoms with Crippen LogP contribution >= 0.6 is 11.8 Å². The van der Waals surface area contributed by atoms with Crippen molar-refractivity contribution in [3.8, 4) is 22.9 Å².